The largest absolute Gasteiger partial charge is 0.493 e. The standard InChI is InChI=1S/C23H20NO3/c1-26-22-12-10-17(14-23(22)27-2)21(25)15-24-13-5-8-19-18-7-4-3-6-16(18)9-11-20(19)24/h3-14H,15H2,1-2H3/q+1. The summed E-state index contributed by atoms with van der Waals surface area (Å²) < 4.78 is 12.5. The number of nitrogens with zero attached hydrogens (tertiary/aromatic N) is 1. The highest BCUT2D eigenvalue weighted by atomic mass is 16.5. The van der Waals surface area contributed by atoms with Gasteiger partial charge in [-0.25, -0.2) is 0 Å². The number of benzene rings is 3. The summed E-state index contributed by atoms with van der Waals surface area (Å²) in [5.41, 5.74) is 1.63. The SMILES string of the molecule is COc1ccc(C(=O)C[n+]2cccc3c4ccccc4ccc32)cc1OC. The second-order valence-electron chi connectivity index (χ2n) is 6.35. The number of carbonyl (C=O) groups excluding carboxylic acids is 1. The quantitative estimate of drug-likeness (QED) is 0.305. The van der Waals surface area contributed by atoms with E-state index in [9.17, 15) is 4.79 Å². The third kappa shape index (κ3) is 3.10. The van der Waals surface area contributed by atoms with Gasteiger partial charge in [0.15, 0.2) is 17.7 Å². The zero-order valence-electron chi connectivity index (χ0n) is 15.3. The molecule has 3 aromatic carbocycles. The molecule has 4 rings (SSSR count). The molecule has 4 nitrogen and oxygen atoms in total. The summed E-state index contributed by atoms with van der Waals surface area (Å²) in [6.45, 7) is 0.255. The summed E-state index contributed by atoms with van der Waals surface area (Å²) >= 11 is 0. The molecule has 1 heterocycles. The Balaban J connectivity index is 1.73. The van der Waals surface area contributed by atoms with Crippen LogP contribution in [0.15, 0.2) is 72.9 Å². The van der Waals surface area contributed by atoms with Crippen LogP contribution in [0.5, 0.6) is 11.5 Å². The third-order valence-electron chi connectivity index (χ3n) is 4.81. The third-order valence-corrected chi connectivity index (χ3v) is 4.81. The maximum absolute atomic E-state index is 12.9. The molecule has 27 heavy (non-hydrogen) atoms. The number of pyridine rings is 1. The predicted octanol–water partition coefficient (Wildman–Crippen LogP) is 4.18. The van der Waals surface area contributed by atoms with E-state index in [1.54, 1.807) is 32.4 Å². The first-order valence-electron chi connectivity index (χ1n) is 8.76. The van der Waals surface area contributed by atoms with Crippen LogP contribution in [0.25, 0.3) is 21.7 Å². The average molecular weight is 358 g/mol. The predicted molar refractivity (Wildman–Crippen MR) is 106 cm³/mol. The van der Waals surface area contributed by atoms with Gasteiger partial charge < -0.3 is 9.47 Å². The molecule has 4 aromatic rings. The fourth-order valence-electron chi connectivity index (χ4n) is 3.43. The van der Waals surface area contributed by atoms with Gasteiger partial charge in [-0.3, -0.25) is 4.79 Å². The minimum Gasteiger partial charge on any atom is -0.493 e. The second-order valence-corrected chi connectivity index (χ2v) is 6.35. The van der Waals surface area contributed by atoms with Crippen LogP contribution in [-0.4, -0.2) is 20.0 Å². The molecule has 0 saturated carbocycles. The molecule has 0 N–H and O–H groups in total. The first-order chi connectivity index (χ1) is 13.2. The van der Waals surface area contributed by atoms with Gasteiger partial charge in [0.05, 0.1) is 19.6 Å². The van der Waals surface area contributed by atoms with Gasteiger partial charge in [-0.2, -0.15) is 4.57 Å². The lowest BCUT2D eigenvalue weighted by Crippen LogP contribution is -2.38. The van der Waals surface area contributed by atoms with Crippen molar-refractivity contribution in [2.24, 2.45) is 0 Å². The minimum atomic E-state index is 0.0154. The molecule has 0 spiro atoms. The van der Waals surface area contributed by atoms with Crippen molar-refractivity contribution in [2.75, 3.05) is 14.2 Å². The van der Waals surface area contributed by atoms with Gasteiger partial charge in [0.1, 0.15) is 0 Å². The zero-order chi connectivity index (χ0) is 18.8. The first kappa shape index (κ1) is 17.0. The summed E-state index contributed by atoms with van der Waals surface area (Å²) in [6.07, 6.45) is 1.94. The molecule has 0 radical (unpaired) electrons. The summed E-state index contributed by atoms with van der Waals surface area (Å²) in [5, 5.41) is 3.51. The highest BCUT2D eigenvalue weighted by molar-refractivity contribution is 6.05. The fourth-order valence-corrected chi connectivity index (χ4v) is 3.43. The number of aromatic nitrogens is 1. The zero-order valence-corrected chi connectivity index (χ0v) is 15.3. The van der Waals surface area contributed by atoms with Crippen LogP contribution < -0.4 is 14.0 Å². The molecule has 0 fully saturated rings. The maximum Gasteiger partial charge on any atom is 0.227 e. The topological polar surface area (TPSA) is 39.4 Å². The molecule has 0 aliphatic heterocycles. The molecule has 0 aliphatic carbocycles. The van der Waals surface area contributed by atoms with Gasteiger partial charge >= 0.3 is 0 Å². The summed E-state index contributed by atoms with van der Waals surface area (Å²) in [6, 6.07) is 21.8. The Kier molecular flexibility index (Phi) is 4.47. The molecular weight excluding hydrogens is 338 g/mol. The van der Waals surface area contributed by atoms with E-state index in [0.717, 1.165) is 10.9 Å². The highest BCUT2D eigenvalue weighted by Gasteiger charge is 2.18. The summed E-state index contributed by atoms with van der Waals surface area (Å²) in [7, 11) is 3.15. The normalized spacial score (nSPS) is 10.9. The van der Waals surface area contributed by atoms with Crippen molar-refractivity contribution in [1.82, 2.24) is 0 Å². The molecule has 1 aromatic heterocycles. The van der Waals surface area contributed by atoms with Gasteiger partial charge in [0.25, 0.3) is 0 Å². The van der Waals surface area contributed by atoms with Crippen LogP contribution in [0.4, 0.5) is 0 Å². The Bertz CT molecular complexity index is 1150. The van der Waals surface area contributed by atoms with Crippen LogP contribution in [0.1, 0.15) is 10.4 Å². The Morgan fingerprint density at radius 2 is 1.63 bits per heavy atom. The van der Waals surface area contributed by atoms with Crippen molar-refractivity contribution in [1.29, 1.82) is 0 Å². The highest BCUT2D eigenvalue weighted by Crippen LogP contribution is 2.28. The number of carbonyl (C=O) groups is 1. The van der Waals surface area contributed by atoms with Crippen molar-refractivity contribution in [3.8, 4) is 11.5 Å². The molecule has 0 atom stereocenters. The van der Waals surface area contributed by atoms with Gasteiger partial charge in [-0.1, -0.05) is 24.3 Å². The Labute approximate surface area is 157 Å². The summed E-state index contributed by atoms with van der Waals surface area (Å²) in [5.74, 6) is 1.18. The number of fused-ring (bicyclic) bond motifs is 3. The number of methoxy groups -OCH3 is 2. The second kappa shape index (κ2) is 7.08. The Morgan fingerprint density at radius 3 is 2.44 bits per heavy atom. The van der Waals surface area contributed by atoms with Gasteiger partial charge in [0.2, 0.25) is 17.8 Å². The number of rotatable bonds is 5. The van der Waals surface area contributed by atoms with Crippen molar-refractivity contribution in [2.45, 2.75) is 6.54 Å². The maximum atomic E-state index is 12.9. The molecular formula is C23H20NO3+. The van der Waals surface area contributed by atoms with E-state index in [2.05, 4.69) is 30.3 Å². The van der Waals surface area contributed by atoms with Crippen molar-refractivity contribution in [3.05, 3.63) is 78.5 Å². The van der Waals surface area contributed by atoms with E-state index < -0.39 is 0 Å². The van der Waals surface area contributed by atoms with Crippen LogP contribution >= 0.6 is 0 Å². The van der Waals surface area contributed by atoms with Gasteiger partial charge in [0, 0.05) is 17.7 Å². The number of Topliss-reactive ketones (excluding diaryl/α,β-unsaturated/α-hetero) is 1. The first-order valence-corrected chi connectivity index (χ1v) is 8.76. The van der Waals surface area contributed by atoms with Crippen molar-refractivity contribution < 1.29 is 18.8 Å². The van der Waals surface area contributed by atoms with E-state index in [0.29, 0.717) is 17.1 Å². The molecule has 134 valence electrons. The summed E-state index contributed by atoms with van der Waals surface area (Å²) in [4.78, 5) is 12.9. The molecule has 0 saturated heterocycles. The molecule has 4 heteroatoms. The Morgan fingerprint density at radius 1 is 0.852 bits per heavy atom. The number of hydrogen-bond acceptors (Lipinski definition) is 3. The molecule has 0 aliphatic rings. The van der Waals surface area contributed by atoms with E-state index in [-0.39, 0.29) is 12.3 Å². The average Bonchev–Trinajstić information content (AvgIpc) is 2.73. The monoisotopic (exact) mass is 358 g/mol. The molecule has 0 bridgehead atoms. The van der Waals surface area contributed by atoms with E-state index in [1.165, 1.54) is 10.8 Å². The van der Waals surface area contributed by atoms with E-state index >= 15 is 0 Å². The number of ketones is 1. The van der Waals surface area contributed by atoms with Crippen molar-refractivity contribution in [3.63, 3.8) is 0 Å². The lowest BCUT2D eigenvalue weighted by molar-refractivity contribution is -0.657. The van der Waals surface area contributed by atoms with Crippen LogP contribution in [0.3, 0.4) is 0 Å². The van der Waals surface area contributed by atoms with Crippen LogP contribution in [-0.2, 0) is 6.54 Å². The lowest BCUT2D eigenvalue weighted by Gasteiger charge is -2.09. The number of hydrogen-bond donors (Lipinski definition) is 0. The van der Waals surface area contributed by atoms with E-state index in [4.69, 9.17) is 9.47 Å². The van der Waals surface area contributed by atoms with E-state index in [1.807, 2.05) is 29.0 Å². The number of ether oxygens (including phenoxy) is 2. The smallest absolute Gasteiger partial charge is 0.227 e. The lowest BCUT2D eigenvalue weighted by atomic mass is 10.0. The fraction of sp³-hybridized carbons (Fsp3) is 0.130. The minimum absolute atomic E-state index is 0.0154. The van der Waals surface area contributed by atoms with Gasteiger partial charge in [-0.15, -0.1) is 0 Å². The van der Waals surface area contributed by atoms with Crippen LogP contribution in [0, 0.1) is 0 Å². The molecule has 0 amide bonds. The van der Waals surface area contributed by atoms with Crippen molar-refractivity contribution >= 4 is 27.5 Å². The Hall–Kier alpha value is -3.40. The van der Waals surface area contributed by atoms with Crippen LogP contribution in [0.2, 0.25) is 0 Å². The van der Waals surface area contributed by atoms with Gasteiger partial charge in [-0.05, 0) is 41.1 Å². The molecule has 0 unspecified atom stereocenters.